The number of phenols is 1. The normalized spacial score (nSPS) is 19.3. The van der Waals surface area contributed by atoms with Crippen LogP contribution in [-0.2, 0) is 6.42 Å². The molecule has 0 radical (unpaired) electrons. The average molecular weight is 372 g/mol. The Morgan fingerprint density at radius 3 is 2.74 bits per heavy atom. The van der Waals surface area contributed by atoms with Crippen LogP contribution in [-0.4, -0.2) is 18.2 Å². The monoisotopic (exact) mass is 371 g/mol. The summed E-state index contributed by atoms with van der Waals surface area (Å²) in [6.45, 7) is 10.5. The van der Waals surface area contributed by atoms with Crippen LogP contribution in [0, 0.1) is 5.92 Å². The molecule has 148 valence electrons. The molecule has 0 saturated carbocycles. The molecule has 27 heavy (non-hydrogen) atoms. The Balaban J connectivity index is 2.50. The van der Waals surface area contributed by atoms with E-state index in [1.807, 2.05) is 19.1 Å². The molecule has 1 aromatic carbocycles. The number of aromatic hydroxyl groups is 1. The zero-order valence-corrected chi connectivity index (χ0v) is 17.1. The number of hydrogen-bond acceptors (Lipinski definition) is 3. The number of allylic oxidation sites excluding steroid dienone is 3. The lowest BCUT2D eigenvalue weighted by molar-refractivity contribution is 0.202. The number of amides is 1. The zero-order chi connectivity index (χ0) is 20.0. The Morgan fingerprint density at radius 1 is 1.37 bits per heavy atom. The summed E-state index contributed by atoms with van der Waals surface area (Å²) in [5, 5.41) is 13.4. The number of ether oxygens (including phenoxy) is 1. The highest BCUT2D eigenvalue weighted by Crippen LogP contribution is 2.47. The van der Waals surface area contributed by atoms with Crippen molar-refractivity contribution in [1.82, 2.24) is 5.32 Å². The SMILES string of the molecule is C=C(C)[C@@H]1CCC(C)=C[C@H]1c1c(O)cc(CCCCC)cc1OC(=O)NC. The smallest absolute Gasteiger partial charge is 0.412 e. The Kier molecular flexibility index (Phi) is 7.52. The minimum atomic E-state index is -0.523. The predicted molar refractivity (Wildman–Crippen MR) is 110 cm³/mol. The molecule has 1 aliphatic rings. The van der Waals surface area contributed by atoms with Gasteiger partial charge in [-0.05, 0) is 63.1 Å². The van der Waals surface area contributed by atoms with Gasteiger partial charge in [-0.2, -0.15) is 0 Å². The number of nitrogens with one attached hydrogen (secondary N) is 1. The van der Waals surface area contributed by atoms with E-state index in [2.05, 4.69) is 31.8 Å². The molecular weight excluding hydrogens is 338 g/mol. The summed E-state index contributed by atoms with van der Waals surface area (Å²) in [6, 6.07) is 3.74. The van der Waals surface area contributed by atoms with Crippen molar-refractivity contribution in [3.05, 3.63) is 47.1 Å². The second-order valence-electron chi connectivity index (χ2n) is 7.65. The van der Waals surface area contributed by atoms with E-state index >= 15 is 0 Å². The van der Waals surface area contributed by atoms with E-state index < -0.39 is 6.09 Å². The van der Waals surface area contributed by atoms with Gasteiger partial charge in [0.05, 0.1) is 0 Å². The molecule has 0 saturated heterocycles. The number of phenolic OH excluding ortho intramolecular Hbond substituents is 1. The molecule has 0 aliphatic heterocycles. The van der Waals surface area contributed by atoms with Crippen molar-refractivity contribution < 1.29 is 14.6 Å². The van der Waals surface area contributed by atoms with Crippen LogP contribution >= 0.6 is 0 Å². The summed E-state index contributed by atoms with van der Waals surface area (Å²) in [4.78, 5) is 11.9. The highest BCUT2D eigenvalue weighted by Gasteiger charge is 2.31. The van der Waals surface area contributed by atoms with Crippen LogP contribution in [0.1, 0.15) is 69.9 Å². The van der Waals surface area contributed by atoms with Crippen LogP contribution in [0.4, 0.5) is 4.79 Å². The van der Waals surface area contributed by atoms with Crippen LogP contribution in [0.15, 0.2) is 35.9 Å². The zero-order valence-electron chi connectivity index (χ0n) is 17.1. The Bertz CT molecular complexity index is 721. The third-order valence-electron chi connectivity index (χ3n) is 5.37. The first-order valence-electron chi connectivity index (χ1n) is 9.95. The Labute approximate surface area is 163 Å². The molecule has 4 nitrogen and oxygen atoms in total. The van der Waals surface area contributed by atoms with Crippen molar-refractivity contribution >= 4 is 6.09 Å². The molecule has 1 amide bonds. The Hall–Kier alpha value is -2.23. The average Bonchev–Trinajstić information content (AvgIpc) is 2.61. The van der Waals surface area contributed by atoms with Gasteiger partial charge in [-0.15, -0.1) is 0 Å². The van der Waals surface area contributed by atoms with E-state index in [9.17, 15) is 9.90 Å². The van der Waals surface area contributed by atoms with Gasteiger partial charge in [-0.3, -0.25) is 0 Å². The summed E-state index contributed by atoms with van der Waals surface area (Å²) in [5.74, 6) is 0.825. The molecule has 2 atom stereocenters. The number of rotatable bonds is 7. The van der Waals surface area contributed by atoms with Gasteiger partial charge in [-0.25, -0.2) is 4.79 Å². The summed E-state index contributed by atoms with van der Waals surface area (Å²) in [7, 11) is 1.54. The first-order chi connectivity index (χ1) is 12.9. The third-order valence-corrected chi connectivity index (χ3v) is 5.37. The lowest BCUT2D eigenvalue weighted by Crippen LogP contribution is -2.24. The highest BCUT2D eigenvalue weighted by atomic mass is 16.6. The topological polar surface area (TPSA) is 58.6 Å². The minimum Gasteiger partial charge on any atom is -0.507 e. The van der Waals surface area contributed by atoms with E-state index in [1.54, 1.807) is 0 Å². The van der Waals surface area contributed by atoms with E-state index in [4.69, 9.17) is 4.74 Å². The van der Waals surface area contributed by atoms with E-state index in [-0.39, 0.29) is 17.6 Å². The number of aryl methyl sites for hydroxylation is 1. The molecule has 0 aromatic heterocycles. The largest absolute Gasteiger partial charge is 0.507 e. The summed E-state index contributed by atoms with van der Waals surface area (Å²) >= 11 is 0. The van der Waals surface area contributed by atoms with Crippen LogP contribution < -0.4 is 10.1 Å². The molecule has 0 heterocycles. The summed E-state index contributed by atoms with van der Waals surface area (Å²) < 4.78 is 5.57. The van der Waals surface area contributed by atoms with E-state index in [0.717, 1.165) is 49.7 Å². The van der Waals surface area contributed by atoms with E-state index in [1.165, 1.54) is 12.6 Å². The molecule has 1 aromatic rings. The first-order valence-corrected chi connectivity index (χ1v) is 9.95. The van der Waals surface area contributed by atoms with Crippen molar-refractivity contribution in [2.75, 3.05) is 7.05 Å². The van der Waals surface area contributed by atoms with Crippen molar-refractivity contribution in [3.8, 4) is 11.5 Å². The molecule has 0 spiro atoms. The second-order valence-corrected chi connectivity index (χ2v) is 7.65. The van der Waals surface area contributed by atoms with Gasteiger partial charge in [0.25, 0.3) is 0 Å². The first kappa shape index (κ1) is 21.1. The van der Waals surface area contributed by atoms with Gasteiger partial charge in [0.2, 0.25) is 0 Å². The van der Waals surface area contributed by atoms with Crippen LogP contribution in [0.25, 0.3) is 0 Å². The Morgan fingerprint density at radius 2 is 2.11 bits per heavy atom. The van der Waals surface area contributed by atoms with Crippen molar-refractivity contribution in [2.45, 2.75) is 65.2 Å². The van der Waals surface area contributed by atoms with Crippen molar-refractivity contribution in [1.29, 1.82) is 0 Å². The highest BCUT2D eigenvalue weighted by molar-refractivity contribution is 5.71. The van der Waals surface area contributed by atoms with Gasteiger partial charge < -0.3 is 15.2 Å². The van der Waals surface area contributed by atoms with Crippen molar-refractivity contribution in [2.24, 2.45) is 5.92 Å². The second kappa shape index (κ2) is 9.63. The maximum atomic E-state index is 11.9. The number of unbranched alkanes of at least 4 members (excludes halogenated alkanes) is 2. The summed E-state index contributed by atoms with van der Waals surface area (Å²) in [6.07, 6.45) is 7.85. The van der Waals surface area contributed by atoms with Gasteiger partial charge in [-0.1, -0.05) is 43.6 Å². The van der Waals surface area contributed by atoms with Crippen LogP contribution in [0.2, 0.25) is 0 Å². The molecular formula is C23H33NO3. The standard InChI is InChI=1S/C23H33NO3/c1-6-7-8-9-17-13-20(25)22(21(14-17)27-23(26)24-5)19-12-16(4)10-11-18(19)15(2)3/h12-14,18-19,25H,2,6-11H2,1,3-5H3,(H,24,26)/t18-,19+/m0/s1. The number of hydrogen-bond donors (Lipinski definition) is 2. The van der Waals surface area contributed by atoms with Crippen LogP contribution in [0.3, 0.4) is 0 Å². The van der Waals surface area contributed by atoms with Gasteiger partial charge in [0.15, 0.2) is 0 Å². The number of carbonyl (C=O) groups is 1. The minimum absolute atomic E-state index is 0.0411. The van der Waals surface area contributed by atoms with E-state index in [0.29, 0.717) is 11.3 Å². The molecule has 4 heteroatoms. The fourth-order valence-electron chi connectivity index (χ4n) is 3.87. The molecule has 2 rings (SSSR count). The van der Waals surface area contributed by atoms with Crippen LogP contribution in [0.5, 0.6) is 11.5 Å². The molecule has 0 fully saturated rings. The molecule has 2 N–H and O–H groups in total. The molecule has 0 unspecified atom stereocenters. The maximum Gasteiger partial charge on any atom is 0.412 e. The van der Waals surface area contributed by atoms with Crippen molar-refractivity contribution in [3.63, 3.8) is 0 Å². The maximum absolute atomic E-state index is 11.9. The lowest BCUT2D eigenvalue weighted by Gasteiger charge is -2.32. The van der Waals surface area contributed by atoms with Gasteiger partial charge in [0, 0.05) is 18.5 Å². The quantitative estimate of drug-likeness (QED) is 0.466. The van der Waals surface area contributed by atoms with Gasteiger partial charge >= 0.3 is 6.09 Å². The lowest BCUT2D eigenvalue weighted by atomic mass is 9.73. The summed E-state index contributed by atoms with van der Waals surface area (Å²) in [5.41, 5.74) is 4.05. The molecule has 1 aliphatic carbocycles. The number of carbonyl (C=O) groups excluding carboxylic acids is 1. The predicted octanol–water partition coefficient (Wildman–Crippen LogP) is 5.86. The fraction of sp³-hybridized carbons (Fsp3) is 0.522. The van der Waals surface area contributed by atoms with Gasteiger partial charge in [0.1, 0.15) is 11.5 Å². The third kappa shape index (κ3) is 5.38. The molecule has 0 bridgehead atoms. The number of benzene rings is 1. The fourth-order valence-corrected chi connectivity index (χ4v) is 3.87.